The number of aliphatic carboxylic acids is 1. The number of aliphatic hydroxyl groups excluding tert-OH is 1. The number of β-amino-alcohol motifs (C(OH)–C–C–N with tert-alkyl or cyclic N) is 1. The van der Waals surface area contributed by atoms with Crippen LogP contribution in [-0.4, -0.2) is 47.6 Å². The molecule has 0 saturated carbocycles. The van der Waals surface area contributed by atoms with Gasteiger partial charge in [0.2, 0.25) is 0 Å². The number of para-hydroxylation sites is 1. The fraction of sp³-hybridized carbons (Fsp3) is 0.533. The van der Waals surface area contributed by atoms with Crippen molar-refractivity contribution in [1.82, 2.24) is 0 Å². The minimum Gasteiger partial charge on any atom is -0.480 e. The molecule has 0 amide bonds. The number of fused-ring (bicyclic) bond motifs is 1. The Morgan fingerprint density at radius 1 is 1.45 bits per heavy atom. The van der Waals surface area contributed by atoms with E-state index >= 15 is 0 Å². The van der Waals surface area contributed by atoms with Gasteiger partial charge in [-0.3, -0.25) is 0 Å². The van der Waals surface area contributed by atoms with Crippen molar-refractivity contribution >= 4 is 11.7 Å². The molecule has 2 atom stereocenters. The summed E-state index contributed by atoms with van der Waals surface area (Å²) >= 11 is 0. The standard InChI is InChI=1S/C15H21NO4/c1-10(2)20-9-12(17)8-16-13-6-4-3-5-11(13)7-14(16)15(18)19/h3-6,10,12,14,17H,7-9H2,1-2H3,(H,18,19). The van der Waals surface area contributed by atoms with Crippen molar-refractivity contribution < 1.29 is 19.7 Å². The molecule has 5 heteroatoms. The van der Waals surface area contributed by atoms with Gasteiger partial charge in [-0.1, -0.05) is 18.2 Å². The molecule has 0 saturated heterocycles. The predicted octanol–water partition coefficient (Wildman–Crippen LogP) is 1.29. The number of hydrogen-bond acceptors (Lipinski definition) is 4. The Balaban J connectivity index is 2.08. The van der Waals surface area contributed by atoms with Crippen molar-refractivity contribution in [3.63, 3.8) is 0 Å². The summed E-state index contributed by atoms with van der Waals surface area (Å²) in [5.41, 5.74) is 1.90. The molecule has 1 aliphatic rings. The number of nitrogens with zero attached hydrogens (tertiary/aromatic N) is 1. The van der Waals surface area contributed by atoms with Crippen LogP contribution in [0.5, 0.6) is 0 Å². The van der Waals surface area contributed by atoms with Gasteiger partial charge in [-0.05, 0) is 25.5 Å². The van der Waals surface area contributed by atoms with Crippen LogP contribution in [0.15, 0.2) is 24.3 Å². The fourth-order valence-electron chi connectivity index (χ4n) is 2.48. The first-order valence-electron chi connectivity index (χ1n) is 6.86. The number of ether oxygens (including phenoxy) is 1. The third-order valence-electron chi connectivity index (χ3n) is 3.40. The lowest BCUT2D eigenvalue weighted by atomic mass is 10.1. The Morgan fingerprint density at radius 3 is 2.80 bits per heavy atom. The number of rotatable bonds is 6. The lowest BCUT2D eigenvalue weighted by molar-refractivity contribution is -0.138. The van der Waals surface area contributed by atoms with Crippen LogP contribution in [0.25, 0.3) is 0 Å². The van der Waals surface area contributed by atoms with Crippen molar-refractivity contribution in [2.24, 2.45) is 0 Å². The maximum absolute atomic E-state index is 11.4. The number of hydrogen-bond donors (Lipinski definition) is 2. The molecule has 20 heavy (non-hydrogen) atoms. The summed E-state index contributed by atoms with van der Waals surface area (Å²) < 4.78 is 5.37. The number of carboxylic acids is 1. The predicted molar refractivity (Wildman–Crippen MR) is 76.0 cm³/mol. The highest BCUT2D eigenvalue weighted by Crippen LogP contribution is 2.32. The van der Waals surface area contributed by atoms with Crippen LogP contribution in [0.3, 0.4) is 0 Å². The van der Waals surface area contributed by atoms with Crippen LogP contribution in [0, 0.1) is 0 Å². The molecule has 2 rings (SSSR count). The van der Waals surface area contributed by atoms with Gasteiger partial charge < -0.3 is 19.8 Å². The van der Waals surface area contributed by atoms with Gasteiger partial charge >= 0.3 is 5.97 Å². The van der Waals surface area contributed by atoms with Gasteiger partial charge in [-0.15, -0.1) is 0 Å². The van der Waals surface area contributed by atoms with Gasteiger partial charge in [0.1, 0.15) is 6.04 Å². The zero-order valence-corrected chi connectivity index (χ0v) is 11.8. The smallest absolute Gasteiger partial charge is 0.326 e. The molecule has 110 valence electrons. The number of carboxylic acid groups (broad SMARTS) is 1. The average molecular weight is 279 g/mol. The van der Waals surface area contributed by atoms with E-state index in [1.807, 2.05) is 38.1 Å². The van der Waals surface area contributed by atoms with Gasteiger partial charge in [-0.2, -0.15) is 0 Å². The highest BCUT2D eigenvalue weighted by molar-refractivity contribution is 5.82. The Labute approximate surface area is 118 Å². The molecule has 1 heterocycles. The molecule has 1 aromatic carbocycles. The van der Waals surface area contributed by atoms with E-state index in [9.17, 15) is 15.0 Å². The summed E-state index contributed by atoms with van der Waals surface area (Å²) in [4.78, 5) is 13.1. The molecule has 1 aromatic rings. The number of carbonyl (C=O) groups is 1. The summed E-state index contributed by atoms with van der Waals surface area (Å²) in [6, 6.07) is 7.00. The highest BCUT2D eigenvalue weighted by atomic mass is 16.5. The second kappa shape index (κ2) is 6.24. The molecule has 0 radical (unpaired) electrons. The summed E-state index contributed by atoms with van der Waals surface area (Å²) in [6.07, 6.45) is -0.181. The van der Waals surface area contributed by atoms with E-state index in [1.165, 1.54) is 0 Å². The first-order chi connectivity index (χ1) is 9.49. The molecule has 0 aliphatic carbocycles. The zero-order valence-electron chi connectivity index (χ0n) is 11.8. The Morgan fingerprint density at radius 2 is 2.15 bits per heavy atom. The summed E-state index contributed by atoms with van der Waals surface area (Å²) in [5.74, 6) is -0.863. The van der Waals surface area contributed by atoms with Gasteiger partial charge in [0.05, 0.1) is 18.8 Å². The zero-order chi connectivity index (χ0) is 14.7. The Kier molecular flexibility index (Phi) is 4.62. The first-order valence-corrected chi connectivity index (χ1v) is 6.86. The molecule has 0 aromatic heterocycles. The van der Waals surface area contributed by atoms with E-state index in [2.05, 4.69) is 0 Å². The van der Waals surface area contributed by atoms with Gasteiger partial charge in [0.15, 0.2) is 0 Å². The maximum atomic E-state index is 11.4. The maximum Gasteiger partial charge on any atom is 0.326 e. The van der Waals surface area contributed by atoms with Crippen LogP contribution in [0.4, 0.5) is 5.69 Å². The highest BCUT2D eigenvalue weighted by Gasteiger charge is 2.35. The second-order valence-corrected chi connectivity index (χ2v) is 5.38. The van der Waals surface area contributed by atoms with Crippen LogP contribution in [0.1, 0.15) is 19.4 Å². The van der Waals surface area contributed by atoms with E-state index in [0.717, 1.165) is 11.3 Å². The van der Waals surface area contributed by atoms with E-state index in [-0.39, 0.29) is 19.3 Å². The third-order valence-corrected chi connectivity index (χ3v) is 3.40. The first kappa shape index (κ1) is 14.8. The van der Waals surface area contributed by atoms with Crippen molar-refractivity contribution in [3.05, 3.63) is 29.8 Å². The minimum absolute atomic E-state index is 0.0470. The van der Waals surface area contributed by atoms with Crippen LogP contribution in [-0.2, 0) is 16.0 Å². The Hall–Kier alpha value is -1.59. The second-order valence-electron chi connectivity index (χ2n) is 5.38. The largest absolute Gasteiger partial charge is 0.480 e. The number of aliphatic hydroxyl groups is 1. The van der Waals surface area contributed by atoms with Crippen molar-refractivity contribution in [2.75, 3.05) is 18.1 Å². The Bertz CT molecular complexity index is 475. The molecular formula is C15H21NO4. The van der Waals surface area contributed by atoms with Crippen LogP contribution < -0.4 is 4.90 Å². The molecule has 1 aliphatic heterocycles. The fourth-order valence-corrected chi connectivity index (χ4v) is 2.48. The number of benzene rings is 1. The lowest BCUT2D eigenvalue weighted by Crippen LogP contribution is -2.44. The summed E-state index contributed by atoms with van der Waals surface area (Å²) in [6.45, 7) is 4.28. The van der Waals surface area contributed by atoms with Crippen LogP contribution >= 0.6 is 0 Å². The SMILES string of the molecule is CC(C)OCC(O)CN1c2ccccc2CC1C(=O)O. The molecule has 2 N–H and O–H groups in total. The molecule has 5 nitrogen and oxygen atoms in total. The molecule has 0 spiro atoms. The van der Waals surface area contributed by atoms with Gasteiger partial charge in [-0.25, -0.2) is 4.79 Å². The van der Waals surface area contributed by atoms with Gasteiger partial charge in [0, 0.05) is 18.7 Å². The monoisotopic (exact) mass is 279 g/mol. The topological polar surface area (TPSA) is 70.0 Å². The molecular weight excluding hydrogens is 258 g/mol. The van der Waals surface area contributed by atoms with Crippen molar-refractivity contribution in [3.8, 4) is 0 Å². The van der Waals surface area contributed by atoms with Crippen molar-refractivity contribution in [1.29, 1.82) is 0 Å². The molecule has 2 unspecified atom stereocenters. The molecule has 0 fully saturated rings. The van der Waals surface area contributed by atoms with Crippen LogP contribution in [0.2, 0.25) is 0 Å². The van der Waals surface area contributed by atoms with E-state index < -0.39 is 18.1 Å². The summed E-state index contributed by atoms with van der Waals surface area (Å²) in [5, 5.41) is 19.4. The minimum atomic E-state index is -0.863. The summed E-state index contributed by atoms with van der Waals surface area (Å²) in [7, 11) is 0. The quantitative estimate of drug-likeness (QED) is 0.821. The average Bonchev–Trinajstić information content (AvgIpc) is 2.76. The third kappa shape index (κ3) is 3.29. The lowest BCUT2D eigenvalue weighted by Gasteiger charge is -2.27. The molecule has 0 bridgehead atoms. The van der Waals surface area contributed by atoms with E-state index in [0.29, 0.717) is 6.42 Å². The number of anilines is 1. The van der Waals surface area contributed by atoms with E-state index in [4.69, 9.17) is 4.74 Å². The van der Waals surface area contributed by atoms with Crippen molar-refractivity contribution in [2.45, 2.75) is 38.5 Å². The van der Waals surface area contributed by atoms with E-state index in [1.54, 1.807) is 4.90 Å². The normalized spacial score (nSPS) is 19.2. The van der Waals surface area contributed by atoms with Gasteiger partial charge in [0.25, 0.3) is 0 Å².